The molecule has 0 spiro atoms. The molecule has 2 fully saturated rings. The number of rotatable bonds is 6. The number of hydrogen-bond donors (Lipinski definition) is 2. The van der Waals surface area contributed by atoms with E-state index in [0.29, 0.717) is 0 Å². The average molecular weight is 389 g/mol. The standard InChI is InChI=1S/C21H26FN3OS/c1-15(23-21(26)16-4-5-16)20(19-3-2-14-27-19)25-12-10-24(11-13-25)18-8-6-17(22)7-9-18/h2-3,6-9,14-16,20H,4-5,10-13H2,1H3,(H,23,26)/p+1/t15-,20+/m1/s1. The predicted octanol–water partition coefficient (Wildman–Crippen LogP) is 2.25. The van der Waals surface area contributed by atoms with E-state index in [4.69, 9.17) is 0 Å². The van der Waals surface area contributed by atoms with Gasteiger partial charge in [-0.25, -0.2) is 4.39 Å². The normalized spacial score (nSPS) is 20.3. The van der Waals surface area contributed by atoms with Gasteiger partial charge >= 0.3 is 0 Å². The molecule has 6 heteroatoms. The molecule has 1 aliphatic carbocycles. The maximum Gasteiger partial charge on any atom is 0.223 e. The maximum atomic E-state index is 13.2. The molecule has 1 saturated carbocycles. The molecule has 27 heavy (non-hydrogen) atoms. The number of carbonyl (C=O) groups is 1. The second-order valence-electron chi connectivity index (χ2n) is 7.69. The molecular weight excluding hydrogens is 361 g/mol. The van der Waals surface area contributed by atoms with Gasteiger partial charge in [0, 0.05) is 11.6 Å². The van der Waals surface area contributed by atoms with E-state index in [1.165, 1.54) is 21.9 Å². The van der Waals surface area contributed by atoms with Crippen LogP contribution >= 0.6 is 11.3 Å². The smallest absolute Gasteiger partial charge is 0.223 e. The van der Waals surface area contributed by atoms with Crippen LogP contribution in [0, 0.1) is 11.7 Å². The van der Waals surface area contributed by atoms with Crippen LogP contribution in [0.25, 0.3) is 0 Å². The third kappa shape index (κ3) is 4.33. The summed E-state index contributed by atoms with van der Waals surface area (Å²) in [6, 6.07) is 11.4. The number of anilines is 1. The highest BCUT2D eigenvalue weighted by atomic mass is 32.1. The van der Waals surface area contributed by atoms with Crippen molar-refractivity contribution in [1.29, 1.82) is 0 Å². The van der Waals surface area contributed by atoms with Crippen molar-refractivity contribution in [2.24, 2.45) is 5.92 Å². The zero-order valence-electron chi connectivity index (χ0n) is 15.7. The Bertz CT molecular complexity index is 752. The molecule has 2 aliphatic rings. The minimum atomic E-state index is -0.194. The fourth-order valence-corrected chi connectivity index (χ4v) is 5.04. The number of thiophene rings is 1. The lowest BCUT2D eigenvalue weighted by Crippen LogP contribution is -3.16. The largest absolute Gasteiger partial charge is 0.360 e. The summed E-state index contributed by atoms with van der Waals surface area (Å²) >= 11 is 1.78. The third-order valence-electron chi connectivity index (χ3n) is 5.71. The predicted molar refractivity (Wildman–Crippen MR) is 107 cm³/mol. The Morgan fingerprint density at radius 1 is 1.22 bits per heavy atom. The first-order valence-corrected chi connectivity index (χ1v) is 10.7. The number of benzene rings is 1. The molecule has 4 nitrogen and oxygen atoms in total. The van der Waals surface area contributed by atoms with Crippen LogP contribution in [-0.4, -0.2) is 38.1 Å². The topological polar surface area (TPSA) is 36.8 Å². The third-order valence-corrected chi connectivity index (χ3v) is 6.66. The highest BCUT2D eigenvalue weighted by Crippen LogP contribution is 2.29. The van der Waals surface area contributed by atoms with Crippen molar-refractivity contribution in [3.8, 4) is 0 Å². The van der Waals surface area contributed by atoms with Crippen LogP contribution in [-0.2, 0) is 4.79 Å². The Kier molecular flexibility index (Phi) is 5.45. The molecule has 1 aromatic carbocycles. The van der Waals surface area contributed by atoms with Crippen molar-refractivity contribution in [2.75, 3.05) is 31.1 Å². The van der Waals surface area contributed by atoms with Crippen LogP contribution in [0.5, 0.6) is 0 Å². The van der Waals surface area contributed by atoms with Crippen molar-refractivity contribution < 1.29 is 14.1 Å². The molecule has 0 unspecified atom stereocenters. The molecule has 1 aliphatic heterocycles. The van der Waals surface area contributed by atoms with Gasteiger partial charge in [0.15, 0.2) is 0 Å². The van der Waals surface area contributed by atoms with Crippen molar-refractivity contribution in [2.45, 2.75) is 31.8 Å². The molecule has 0 bridgehead atoms. The molecule has 1 aromatic heterocycles. The monoisotopic (exact) mass is 388 g/mol. The number of carbonyl (C=O) groups excluding carboxylic acids is 1. The molecular formula is C21H27FN3OS+. The fraction of sp³-hybridized carbons (Fsp3) is 0.476. The Morgan fingerprint density at radius 3 is 2.52 bits per heavy atom. The Morgan fingerprint density at radius 2 is 1.93 bits per heavy atom. The van der Waals surface area contributed by atoms with Crippen LogP contribution in [0.1, 0.15) is 30.7 Å². The molecule has 2 N–H and O–H groups in total. The van der Waals surface area contributed by atoms with Crippen LogP contribution in [0.4, 0.5) is 10.1 Å². The Labute approximate surface area is 164 Å². The minimum Gasteiger partial charge on any atom is -0.360 e. The van der Waals surface area contributed by atoms with E-state index in [9.17, 15) is 9.18 Å². The molecule has 2 aromatic rings. The number of quaternary nitrogens is 1. The summed E-state index contributed by atoms with van der Waals surface area (Å²) in [4.78, 5) is 17.5. The second kappa shape index (κ2) is 7.98. The molecule has 1 saturated heterocycles. The molecule has 1 amide bonds. The zero-order chi connectivity index (χ0) is 18.8. The summed E-state index contributed by atoms with van der Waals surface area (Å²) in [6.07, 6.45) is 2.07. The van der Waals surface area contributed by atoms with E-state index in [0.717, 1.165) is 44.7 Å². The lowest BCUT2D eigenvalue weighted by atomic mass is 10.0. The van der Waals surface area contributed by atoms with Gasteiger partial charge in [0.1, 0.15) is 11.9 Å². The number of amides is 1. The van der Waals surface area contributed by atoms with Crippen LogP contribution < -0.4 is 15.1 Å². The van der Waals surface area contributed by atoms with Crippen molar-refractivity contribution in [3.63, 3.8) is 0 Å². The first kappa shape index (κ1) is 18.4. The van der Waals surface area contributed by atoms with Gasteiger partial charge in [-0.3, -0.25) is 4.79 Å². The number of piperazine rings is 1. The van der Waals surface area contributed by atoms with E-state index in [-0.39, 0.29) is 29.7 Å². The highest BCUT2D eigenvalue weighted by Gasteiger charge is 2.37. The van der Waals surface area contributed by atoms with Gasteiger partial charge in [-0.15, -0.1) is 11.3 Å². The summed E-state index contributed by atoms with van der Waals surface area (Å²) in [5, 5.41) is 5.39. The van der Waals surface area contributed by atoms with Crippen molar-refractivity contribution in [1.82, 2.24) is 5.32 Å². The highest BCUT2D eigenvalue weighted by molar-refractivity contribution is 7.10. The van der Waals surface area contributed by atoms with Gasteiger partial charge in [-0.2, -0.15) is 0 Å². The quantitative estimate of drug-likeness (QED) is 0.796. The lowest BCUT2D eigenvalue weighted by molar-refractivity contribution is -0.933. The van der Waals surface area contributed by atoms with Crippen molar-refractivity contribution >= 4 is 22.9 Å². The van der Waals surface area contributed by atoms with Crippen LogP contribution in [0.15, 0.2) is 41.8 Å². The first-order valence-electron chi connectivity index (χ1n) is 9.80. The van der Waals surface area contributed by atoms with Crippen LogP contribution in [0.3, 0.4) is 0 Å². The zero-order valence-corrected chi connectivity index (χ0v) is 16.5. The molecule has 0 radical (unpaired) electrons. The van der Waals surface area contributed by atoms with Gasteiger partial charge in [-0.05, 0) is 55.5 Å². The number of hydrogen-bond acceptors (Lipinski definition) is 3. The summed E-state index contributed by atoms with van der Waals surface area (Å²) < 4.78 is 13.2. The average Bonchev–Trinajstić information content (AvgIpc) is 3.40. The van der Waals surface area contributed by atoms with Gasteiger partial charge < -0.3 is 15.1 Å². The Hall–Kier alpha value is -1.92. The SMILES string of the molecule is C[C@@H](NC(=O)C1CC1)[C@@H](c1cccs1)[NH+]1CCN(c2ccc(F)cc2)CC1. The van der Waals surface area contributed by atoms with Crippen LogP contribution in [0.2, 0.25) is 0 Å². The number of nitrogens with one attached hydrogen (secondary N) is 2. The van der Waals surface area contributed by atoms with Crippen molar-refractivity contribution in [3.05, 3.63) is 52.5 Å². The summed E-state index contributed by atoms with van der Waals surface area (Å²) in [5.41, 5.74) is 1.08. The Balaban J connectivity index is 1.43. The van der Waals surface area contributed by atoms with Gasteiger partial charge in [-0.1, -0.05) is 6.07 Å². The van der Waals surface area contributed by atoms with Gasteiger partial charge in [0.2, 0.25) is 5.91 Å². The summed E-state index contributed by atoms with van der Waals surface area (Å²) in [5.74, 6) is 0.260. The molecule has 4 rings (SSSR count). The second-order valence-corrected chi connectivity index (χ2v) is 8.67. The molecule has 144 valence electrons. The lowest BCUT2D eigenvalue weighted by Gasteiger charge is -2.39. The minimum absolute atomic E-state index is 0.115. The van der Waals surface area contributed by atoms with E-state index >= 15 is 0 Å². The maximum absolute atomic E-state index is 13.2. The van der Waals surface area contributed by atoms with E-state index in [2.05, 4.69) is 34.7 Å². The van der Waals surface area contributed by atoms with Gasteiger partial charge in [0.05, 0.1) is 37.1 Å². The fourth-order valence-electron chi connectivity index (χ4n) is 4.06. The summed E-state index contributed by atoms with van der Waals surface area (Å²) in [7, 11) is 0. The van der Waals surface area contributed by atoms with Gasteiger partial charge in [0.25, 0.3) is 0 Å². The molecule has 2 atom stereocenters. The number of nitrogens with zero attached hydrogens (tertiary/aromatic N) is 1. The summed E-state index contributed by atoms with van der Waals surface area (Å²) in [6.45, 7) is 6.02. The number of halogens is 1. The molecule has 2 heterocycles. The van der Waals surface area contributed by atoms with E-state index < -0.39 is 0 Å². The van der Waals surface area contributed by atoms with E-state index in [1.54, 1.807) is 11.3 Å². The first-order chi connectivity index (χ1) is 13.1. The van der Waals surface area contributed by atoms with E-state index in [1.807, 2.05) is 12.1 Å².